The van der Waals surface area contributed by atoms with Gasteiger partial charge in [-0.2, -0.15) is 0 Å². The molecule has 1 heterocycles. The van der Waals surface area contributed by atoms with Crippen molar-refractivity contribution in [2.24, 2.45) is 5.73 Å². The Bertz CT molecular complexity index is 608. The van der Waals surface area contributed by atoms with Crippen LogP contribution in [0, 0.1) is 5.82 Å². The van der Waals surface area contributed by atoms with Crippen molar-refractivity contribution < 1.29 is 4.39 Å². The van der Waals surface area contributed by atoms with Crippen molar-refractivity contribution >= 4 is 5.82 Å². The molecule has 1 aliphatic rings. The van der Waals surface area contributed by atoms with Crippen LogP contribution < -0.4 is 10.6 Å². The number of hydrogen-bond acceptors (Lipinski definition) is 4. The van der Waals surface area contributed by atoms with Crippen LogP contribution in [0.25, 0.3) is 0 Å². The average molecular weight is 286 g/mol. The summed E-state index contributed by atoms with van der Waals surface area (Å²) in [5.74, 6) is 1.12. The highest BCUT2D eigenvalue weighted by Crippen LogP contribution is 2.35. The van der Waals surface area contributed by atoms with Crippen molar-refractivity contribution in [3.05, 3.63) is 53.7 Å². The molecule has 0 spiro atoms. The zero-order valence-electron chi connectivity index (χ0n) is 12.0. The van der Waals surface area contributed by atoms with Crippen molar-refractivity contribution in [2.45, 2.75) is 31.3 Å². The lowest BCUT2D eigenvalue weighted by atomic mass is 9.78. The topological polar surface area (TPSA) is 55.0 Å². The van der Waals surface area contributed by atoms with Crippen molar-refractivity contribution in [1.29, 1.82) is 0 Å². The molecule has 0 radical (unpaired) electrons. The van der Waals surface area contributed by atoms with E-state index < -0.39 is 0 Å². The van der Waals surface area contributed by atoms with Crippen LogP contribution in [0.5, 0.6) is 0 Å². The molecule has 3 rings (SSSR count). The Morgan fingerprint density at radius 1 is 1.24 bits per heavy atom. The van der Waals surface area contributed by atoms with Gasteiger partial charge in [-0.25, -0.2) is 14.4 Å². The molecule has 4 nitrogen and oxygen atoms in total. The minimum absolute atomic E-state index is 0.216. The molecule has 1 aromatic carbocycles. The molecule has 0 bridgehead atoms. The largest absolute Gasteiger partial charge is 0.355 e. The molecule has 0 saturated heterocycles. The van der Waals surface area contributed by atoms with Gasteiger partial charge in [0.1, 0.15) is 18.0 Å². The fourth-order valence-electron chi connectivity index (χ4n) is 2.64. The highest BCUT2D eigenvalue weighted by Gasteiger charge is 2.28. The third kappa shape index (κ3) is 3.19. The van der Waals surface area contributed by atoms with Gasteiger partial charge >= 0.3 is 0 Å². The number of hydrogen-bond donors (Lipinski definition) is 1. The Hall–Kier alpha value is -2.01. The van der Waals surface area contributed by atoms with Gasteiger partial charge in [0.05, 0.1) is 0 Å². The molecular formula is C16H19FN4. The minimum atomic E-state index is -0.216. The molecule has 0 amide bonds. The molecule has 0 atom stereocenters. The molecule has 0 unspecified atom stereocenters. The van der Waals surface area contributed by atoms with E-state index in [1.54, 1.807) is 18.5 Å². The van der Waals surface area contributed by atoms with Gasteiger partial charge in [0.15, 0.2) is 0 Å². The first kappa shape index (κ1) is 13.9. The van der Waals surface area contributed by atoms with Crippen LogP contribution in [0.1, 0.15) is 30.0 Å². The van der Waals surface area contributed by atoms with E-state index in [-0.39, 0.29) is 5.82 Å². The Kier molecular flexibility index (Phi) is 3.84. The normalized spacial score (nSPS) is 20.9. The zero-order valence-corrected chi connectivity index (χ0v) is 12.0. The summed E-state index contributed by atoms with van der Waals surface area (Å²) < 4.78 is 12.9. The molecule has 2 aromatic rings. The molecule has 1 aromatic heterocycles. The first-order chi connectivity index (χ1) is 10.1. The van der Waals surface area contributed by atoms with E-state index in [4.69, 9.17) is 5.73 Å². The summed E-state index contributed by atoms with van der Waals surface area (Å²) in [7, 11) is 1.97. The zero-order chi connectivity index (χ0) is 14.8. The maximum Gasteiger partial charge on any atom is 0.132 e. The molecule has 110 valence electrons. The van der Waals surface area contributed by atoms with E-state index in [0.717, 1.165) is 29.9 Å². The summed E-state index contributed by atoms with van der Waals surface area (Å²) in [6.45, 7) is 0.681. The number of nitrogens with two attached hydrogens (primary N) is 1. The summed E-state index contributed by atoms with van der Waals surface area (Å²) in [6.07, 6.45) is 3.60. The summed E-state index contributed by atoms with van der Waals surface area (Å²) in [5, 5.41) is 0. The van der Waals surface area contributed by atoms with Crippen LogP contribution in [0.2, 0.25) is 0 Å². The fourth-order valence-corrected chi connectivity index (χ4v) is 2.64. The standard InChI is InChI=1S/C16H19FN4/c1-21(9-11-2-4-13(17)5-3-11)16-8-15(19-10-20-16)12-6-14(18)7-12/h2-5,8,10,12,14H,6-7,9,18H2,1H3. The summed E-state index contributed by atoms with van der Waals surface area (Å²) >= 11 is 0. The number of benzene rings is 1. The maximum absolute atomic E-state index is 12.9. The highest BCUT2D eigenvalue weighted by molar-refractivity contribution is 5.40. The van der Waals surface area contributed by atoms with Crippen LogP contribution in [0.3, 0.4) is 0 Å². The van der Waals surface area contributed by atoms with E-state index in [9.17, 15) is 4.39 Å². The lowest BCUT2D eigenvalue weighted by molar-refractivity contribution is 0.345. The SMILES string of the molecule is CN(Cc1ccc(F)cc1)c1cc(C2CC(N)C2)ncn1. The molecule has 5 heteroatoms. The second-order valence-corrected chi connectivity index (χ2v) is 5.71. The monoisotopic (exact) mass is 286 g/mol. The van der Waals surface area contributed by atoms with Crippen LogP contribution in [0.15, 0.2) is 36.7 Å². The highest BCUT2D eigenvalue weighted by atomic mass is 19.1. The van der Waals surface area contributed by atoms with E-state index in [2.05, 4.69) is 9.97 Å². The van der Waals surface area contributed by atoms with Gasteiger partial charge in [-0.05, 0) is 30.5 Å². The molecular weight excluding hydrogens is 267 g/mol. The van der Waals surface area contributed by atoms with Crippen LogP contribution in [-0.4, -0.2) is 23.1 Å². The third-order valence-electron chi connectivity index (χ3n) is 3.99. The lowest BCUT2D eigenvalue weighted by Crippen LogP contribution is -2.35. The van der Waals surface area contributed by atoms with Crippen molar-refractivity contribution in [2.75, 3.05) is 11.9 Å². The predicted molar refractivity (Wildman–Crippen MR) is 80.5 cm³/mol. The van der Waals surface area contributed by atoms with Crippen molar-refractivity contribution in [1.82, 2.24) is 9.97 Å². The Morgan fingerprint density at radius 2 is 1.95 bits per heavy atom. The maximum atomic E-state index is 12.9. The van der Waals surface area contributed by atoms with Gasteiger partial charge in [0.2, 0.25) is 0 Å². The van der Waals surface area contributed by atoms with Crippen LogP contribution >= 0.6 is 0 Å². The summed E-state index contributed by atoms with van der Waals surface area (Å²) in [4.78, 5) is 10.7. The first-order valence-corrected chi connectivity index (χ1v) is 7.15. The number of aromatic nitrogens is 2. The van der Waals surface area contributed by atoms with E-state index in [1.807, 2.05) is 18.0 Å². The fraction of sp³-hybridized carbons (Fsp3) is 0.375. The molecule has 2 N–H and O–H groups in total. The van der Waals surface area contributed by atoms with E-state index in [1.165, 1.54) is 12.1 Å². The summed E-state index contributed by atoms with van der Waals surface area (Å²) in [5.41, 5.74) is 7.94. The smallest absolute Gasteiger partial charge is 0.132 e. The predicted octanol–water partition coefficient (Wildman–Crippen LogP) is 2.46. The van der Waals surface area contributed by atoms with Gasteiger partial charge in [0, 0.05) is 37.3 Å². The molecule has 1 aliphatic carbocycles. The second kappa shape index (κ2) is 5.77. The number of halogens is 1. The quantitative estimate of drug-likeness (QED) is 0.938. The lowest BCUT2D eigenvalue weighted by Gasteiger charge is -2.32. The second-order valence-electron chi connectivity index (χ2n) is 5.71. The molecule has 0 aliphatic heterocycles. The van der Waals surface area contributed by atoms with Gasteiger partial charge in [0.25, 0.3) is 0 Å². The summed E-state index contributed by atoms with van der Waals surface area (Å²) in [6, 6.07) is 8.87. The van der Waals surface area contributed by atoms with Crippen LogP contribution in [0.4, 0.5) is 10.2 Å². The number of nitrogens with zero attached hydrogens (tertiary/aromatic N) is 3. The van der Waals surface area contributed by atoms with E-state index >= 15 is 0 Å². The van der Waals surface area contributed by atoms with Crippen LogP contribution in [-0.2, 0) is 6.54 Å². The molecule has 1 saturated carbocycles. The first-order valence-electron chi connectivity index (χ1n) is 7.15. The number of rotatable bonds is 4. The molecule has 1 fully saturated rings. The van der Waals surface area contributed by atoms with Crippen molar-refractivity contribution in [3.8, 4) is 0 Å². The van der Waals surface area contributed by atoms with Gasteiger partial charge in [-0.15, -0.1) is 0 Å². The Morgan fingerprint density at radius 3 is 2.62 bits per heavy atom. The minimum Gasteiger partial charge on any atom is -0.355 e. The average Bonchev–Trinajstić information content (AvgIpc) is 2.46. The van der Waals surface area contributed by atoms with Gasteiger partial charge in [-0.3, -0.25) is 0 Å². The third-order valence-corrected chi connectivity index (χ3v) is 3.99. The van der Waals surface area contributed by atoms with Gasteiger partial charge < -0.3 is 10.6 Å². The van der Waals surface area contributed by atoms with Crippen molar-refractivity contribution in [3.63, 3.8) is 0 Å². The van der Waals surface area contributed by atoms with Gasteiger partial charge in [-0.1, -0.05) is 12.1 Å². The molecule has 21 heavy (non-hydrogen) atoms. The Labute approximate surface area is 123 Å². The van der Waals surface area contributed by atoms with E-state index in [0.29, 0.717) is 18.5 Å². The number of anilines is 1. The Balaban J connectivity index is 1.70.